The number of anilines is 1. The molecular formula is C9H8BrN3OS. The van der Waals surface area contributed by atoms with Crippen LogP contribution in [0.4, 0.5) is 5.82 Å². The third-order valence-electron chi connectivity index (χ3n) is 2.09. The fourth-order valence-corrected chi connectivity index (χ4v) is 2.66. The zero-order valence-electron chi connectivity index (χ0n) is 7.90. The van der Waals surface area contributed by atoms with E-state index < -0.39 is 0 Å². The van der Waals surface area contributed by atoms with E-state index in [2.05, 4.69) is 21.0 Å². The van der Waals surface area contributed by atoms with E-state index in [4.69, 9.17) is 5.73 Å². The summed E-state index contributed by atoms with van der Waals surface area (Å²) in [5.41, 5.74) is 6.79. The number of thiophene rings is 1. The van der Waals surface area contributed by atoms with Crippen LogP contribution in [-0.4, -0.2) is 15.6 Å². The fraction of sp³-hybridized carbons (Fsp3) is 0.111. The Balaban J connectivity index is 2.46. The SMILES string of the molecule is Cn1ncc(C(=O)c2cscc2Br)c1N. The van der Waals surface area contributed by atoms with Gasteiger partial charge in [-0.05, 0) is 15.9 Å². The first-order valence-corrected chi connectivity index (χ1v) is 5.88. The average molecular weight is 286 g/mol. The highest BCUT2D eigenvalue weighted by molar-refractivity contribution is 9.10. The van der Waals surface area contributed by atoms with E-state index in [-0.39, 0.29) is 5.78 Å². The summed E-state index contributed by atoms with van der Waals surface area (Å²) in [5.74, 6) is 0.284. The number of carbonyl (C=O) groups is 1. The van der Waals surface area contributed by atoms with Gasteiger partial charge in [0.15, 0.2) is 5.78 Å². The minimum atomic E-state index is -0.103. The van der Waals surface area contributed by atoms with Crippen LogP contribution < -0.4 is 5.73 Å². The molecule has 0 radical (unpaired) electrons. The zero-order valence-corrected chi connectivity index (χ0v) is 10.3. The Kier molecular flexibility index (Phi) is 2.62. The summed E-state index contributed by atoms with van der Waals surface area (Å²) in [5, 5.41) is 7.59. The number of carbonyl (C=O) groups excluding carboxylic acids is 1. The number of rotatable bonds is 2. The Hall–Kier alpha value is -1.14. The van der Waals surface area contributed by atoms with Crippen molar-refractivity contribution in [2.24, 2.45) is 7.05 Å². The predicted octanol–water partition coefficient (Wildman–Crippen LogP) is 2.06. The number of aryl methyl sites for hydroxylation is 1. The van der Waals surface area contributed by atoms with Crippen molar-refractivity contribution in [3.8, 4) is 0 Å². The van der Waals surface area contributed by atoms with Gasteiger partial charge in [-0.3, -0.25) is 9.48 Å². The molecule has 0 spiro atoms. The van der Waals surface area contributed by atoms with Crippen LogP contribution in [0.5, 0.6) is 0 Å². The summed E-state index contributed by atoms with van der Waals surface area (Å²) in [6.07, 6.45) is 1.49. The summed E-state index contributed by atoms with van der Waals surface area (Å²) in [6.45, 7) is 0. The Morgan fingerprint density at radius 1 is 1.53 bits per heavy atom. The van der Waals surface area contributed by atoms with Crippen molar-refractivity contribution < 1.29 is 4.79 Å². The van der Waals surface area contributed by atoms with Crippen LogP contribution in [0.3, 0.4) is 0 Å². The van der Waals surface area contributed by atoms with E-state index in [1.54, 1.807) is 12.4 Å². The van der Waals surface area contributed by atoms with Crippen molar-refractivity contribution in [3.05, 3.63) is 32.6 Å². The second kappa shape index (κ2) is 3.79. The van der Waals surface area contributed by atoms with Crippen LogP contribution >= 0.6 is 27.3 Å². The minimum Gasteiger partial charge on any atom is -0.383 e. The van der Waals surface area contributed by atoms with Gasteiger partial charge in [0.25, 0.3) is 0 Å². The van der Waals surface area contributed by atoms with Crippen molar-refractivity contribution in [2.45, 2.75) is 0 Å². The molecule has 0 atom stereocenters. The maximum atomic E-state index is 12.0. The van der Waals surface area contributed by atoms with Gasteiger partial charge in [-0.25, -0.2) is 0 Å². The molecule has 0 saturated carbocycles. The molecule has 0 amide bonds. The van der Waals surface area contributed by atoms with Crippen molar-refractivity contribution in [1.29, 1.82) is 0 Å². The molecule has 4 nitrogen and oxygen atoms in total. The molecule has 0 bridgehead atoms. The molecule has 2 aromatic heterocycles. The number of nitrogens with two attached hydrogens (primary N) is 1. The lowest BCUT2D eigenvalue weighted by molar-refractivity contribution is 0.103. The molecule has 2 aromatic rings. The molecule has 0 saturated heterocycles. The Labute approximate surface area is 98.8 Å². The van der Waals surface area contributed by atoms with E-state index in [0.717, 1.165) is 4.47 Å². The molecule has 2 N–H and O–H groups in total. The van der Waals surface area contributed by atoms with Crippen molar-refractivity contribution in [3.63, 3.8) is 0 Å². The Bertz CT molecular complexity index is 517. The first-order chi connectivity index (χ1) is 7.11. The number of nitrogen functional groups attached to an aromatic ring is 1. The van der Waals surface area contributed by atoms with Gasteiger partial charge >= 0.3 is 0 Å². The first-order valence-electron chi connectivity index (χ1n) is 4.15. The van der Waals surface area contributed by atoms with E-state index in [0.29, 0.717) is 16.9 Å². The smallest absolute Gasteiger partial charge is 0.200 e. The molecule has 0 unspecified atom stereocenters. The molecule has 0 fully saturated rings. The Morgan fingerprint density at radius 3 is 2.73 bits per heavy atom. The topological polar surface area (TPSA) is 60.9 Å². The lowest BCUT2D eigenvalue weighted by Crippen LogP contribution is -2.05. The van der Waals surface area contributed by atoms with Gasteiger partial charge in [0.1, 0.15) is 5.82 Å². The van der Waals surface area contributed by atoms with Gasteiger partial charge in [0.05, 0.1) is 11.8 Å². The standard InChI is InChI=1S/C9H8BrN3OS/c1-13-9(11)5(2-12-13)8(14)6-3-15-4-7(6)10/h2-4H,11H2,1H3. The van der Waals surface area contributed by atoms with Crippen LogP contribution in [0.15, 0.2) is 21.4 Å². The molecule has 78 valence electrons. The highest BCUT2D eigenvalue weighted by atomic mass is 79.9. The van der Waals surface area contributed by atoms with Crippen LogP contribution in [0.1, 0.15) is 15.9 Å². The molecular weight excluding hydrogens is 278 g/mol. The molecule has 15 heavy (non-hydrogen) atoms. The van der Waals surface area contributed by atoms with Crippen LogP contribution in [-0.2, 0) is 7.05 Å². The van der Waals surface area contributed by atoms with Crippen molar-refractivity contribution in [1.82, 2.24) is 9.78 Å². The van der Waals surface area contributed by atoms with Crippen LogP contribution in [0.25, 0.3) is 0 Å². The fourth-order valence-electron chi connectivity index (χ4n) is 1.21. The summed E-state index contributed by atoms with van der Waals surface area (Å²) >= 11 is 4.78. The maximum absolute atomic E-state index is 12.0. The predicted molar refractivity (Wildman–Crippen MR) is 63.1 cm³/mol. The van der Waals surface area contributed by atoms with E-state index in [9.17, 15) is 4.79 Å². The first kappa shape index (κ1) is 10.4. The third-order valence-corrected chi connectivity index (χ3v) is 3.79. The number of nitrogens with zero attached hydrogens (tertiary/aromatic N) is 2. The molecule has 0 aromatic carbocycles. The Morgan fingerprint density at radius 2 is 2.27 bits per heavy atom. The third kappa shape index (κ3) is 1.70. The van der Waals surface area contributed by atoms with E-state index in [1.807, 2.05) is 5.38 Å². The highest BCUT2D eigenvalue weighted by Gasteiger charge is 2.18. The average Bonchev–Trinajstić information content (AvgIpc) is 2.75. The quantitative estimate of drug-likeness (QED) is 0.860. The van der Waals surface area contributed by atoms with Crippen molar-refractivity contribution in [2.75, 3.05) is 5.73 Å². The number of ketones is 1. The highest BCUT2D eigenvalue weighted by Crippen LogP contribution is 2.25. The molecule has 6 heteroatoms. The zero-order chi connectivity index (χ0) is 11.0. The van der Waals surface area contributed by atoms with Crippen LogP contribution in [0.2, 0.25) is 0 Å². The van der Waals surface area contributed by atoms with Gasteiger partial charge in [-0.2, -0.15) is 16.4 Å². The molecule has 2 rings (SSSR count). The number of aromatic nitrogens is 2. The molecule has 0 aliphatic rings. The van der Waals surface area contributed by atoms with Gasteiger partial charge in [0.2, 0.25) is 0 Å². The molecule has 0 aliphatic carbocycles. The van der Waals surface area contributed by atoms with Gasteiger partial charge in [-0.1, -0.05) is 0 Å². The number of hydrogen-bond donors (Lipinski definition) is 1. The number of halogens is 1. The molecule has 0 aliphatic heterocycles. The monoisotopic (exact) mass is 285 g/mol. The number of hydrogen-bond acceptors (Lipinski definition) is 4. The van der Waals surface area contributed by atoms with E-state index >= 15 is 0 Å². The second-order valence-corrected chi connectivity index (χ2v) is 4.63. The largest absolute Gasteiger partial charge is 0.383 e. The summed E-state index contributed by atoms with van der Waals surface area (Å²) in [6, 6.07) is 0. The lowest BCUT2D eigenvalue weighted by atomic mass is 10.1. The van der Waals surface area contributed by atoms with Gasteiger partial charge in [0, 0.05) is 27.8 Å². The van der Waals surface area contributed by atoms with Crippen LogP contribution in [0, 0.1) is 0 Å². The molecule has 2 heterocycles. The van der Waals surface area contributed by atoms with Crippen molar-refractivity contribution >= 4 is 38.9 Å². The van der Waals surface area contributed by atoms with E-state index in [1.165, 1.54) is 22.2 Å². The summed E-state index contributed by atoms with van der Waals surface area (Å²) in [7, 11) is 1.70. The normalized spacial score (nSPS) is 10.5. The van der Waals surface area contributed by atoms with Gasteiger partial charge < -0.3 is 5.73 Å². The maximum Gasteiger partial charge on any atom is 0.200 e. The van der Waals surface area contributed by atoms with Gasteiger partial charge in [-0.15, -0.1) is 0 Å². The summed E-state index contributed by atoms with van der Waals surface area (Å²) in [4.78, 5) is 12.0. The lowest BCUT2D eigenvalue weighted by Gasteiger charge is -1.98. The summed E-state index contributed by atoms with van der Waals surface area (Å²) < 4.78 is 2.27. The second-order valence-electron chi connectivity index (χ2n) is 3.03. The minimum absolute atomic E-state index is 0.103.